The molecule has 3 heterocycles. The highest BCUT2D eigenvalue weighted by molar-refractivity contribution is 5.76. The Balaban J connectivity index is 1.25. The van der Waals surface area contributed by atoms with Crippen LogP contribution < -0.4 is 10.1 Å². The quantitative estimate of drug-likeness (QED) is 0.851. The summed E-state index contributed by atoms with van der Waals surface area (Å²) in [5.74, 6) is 1.39. The van der Waals surface area contributed by atoms with Gasteiger partial charge in [0.25, 0.3) is 0 Å². The minimum absolute atomic E-state index is 0.0881. The number of nitrogens with one attached hydrogen (secondary N) is 1. The zero-order valence-corrected chi connectivity index (χ0v) is 14.8. The fourth-order valence-corrected chi connectivity index (χ4v) is 4.22. The predicted molar refractivity (Wildman–Crippen MR) is 93.2 cm³/mol. The molecule has 1 aliphatic carbocycles. The van der Waals surface area contributed by atoms with Crippen LogP contribution in [0.2, 0.25) is 0 Å². The number of carbonyl (C=O) groups excluding carboxylic acids is 1. The average Bonchev–Trinajstić information content (AvgIpc) is 3.09. The number of methoxy groups -OCH3 is 1. The van der Waals surface area contributed by atoms with Gasteiger partial charge in [-0.25, -0.2) is 4.98 Å². The van der Waals surface area contributed by atoms with Crippen molar-refractivity contribution in [2.45, 2.75) is 56.9 Å². The number of fused-ring (bicyclic) bond motifs is 1. The van der Waals surface area contributed by atoms with Gasteiger partial charge < -0.3 is 14.8 Å². The highest BCUT2D eigenvalue weighted by Gasteiger charge is 2.42. The molecule has 1 N–H and O–H groups in total. The Bertz CT molecular complexity index is 606. The summed E-state index contributed by atoms with van der Waals surface area (Å²) >= 11 is 0. The Hall–Kier alpha value is -1.66. The van der Waals surface area contributed by atoms with E-state index in [0.29, 0.717) is 24.3 Å². The second-order valence-corrected chi connectivity index (χ2v) is 7.56. The highest BCUT2D eigenvalue weighted by atomic mass is 16.5. The molecule has 3 aliphatic rings. The molecule has 2 aliphatic heterocycles. The van der Waals surface area contributed by atoms with E-state index in [1.807, 2.05) is 6.07 Å². The van der Waals surface area contributed by atoms with Crippen LogP contribution in [0.15, 0.2) is 18.3 Å². The lowest BCUT2D eigenvalue weighted by Gasteiger charge is -2.27. The van der Waals surface area contributed by atoms with E-state index in [4.69, 9.17) is 9.47 Å². The zero-order chi connectivity index (χ0) is 17.2. The van der Waals surface area contributed by atoms with Crippen molar-refractivity contribution in [3.63, 3.8) is 0 Å². The lowest BCUT2D eigenvalue weighted by atomic mass is 9.93. The molecule has 1 aromatic rings. The van der Waals surface area contributed by atoms with Crippen LogP contribution >= 0.6 is 0 Å². The molecule has 0 bridgehead atoms. The fraction of sp³-hybridized carbons (Fsp3) is 0.684. The van der Waals surface area contributed by atoms with Gasteiger partial charge in [-0.15, -0.1) is 0 Å². The molecule has 0 aromatic carbocycles. The number of likely N-dealkylation sites (tertiary alicyclic amines) is 1. The van der Waals surface area contributed by atoms with E-state index in [9.17, 15) is 4.79 Å². The molecule has 6 heteroatoms. The first-order valence-electron chi connectivity index (χ1n) is 9.36. The van der Waals surface area contributed by atoms with E-state index in [2.05, 4.69) is 21.3 Å². The normalized spacial score (nSPS) is 29.2. The molecule has 25 heavy (non-hydrogen) atoms. The molecule has 1 amide bonds. The smallest absolute Gasteiger partial charge is 0.222 e. The van der Waals surface area contributed by atoms with Gasteiger partial charge in [-0.05, 0) is 31.7 Å². The monoisotopic (exact) mass is 345 g/mol. The fourth-order valence-electron chi connectivity index (χ4n) is 4.22. The number of hydrogen-bond acceptors (Lipinski definition) is 5. The molecular formula is C19H27N3O3. The lowest BCUT2D eigenvalue weighted by Crippen LogP contribution is -2.40. The van der Waals surface area contributed by atoms with Crippen molar-refractivity contribution < 1.29 is 14.3 Å². The number of aromatic nitrogens is 1. The summed E-state index contributed by atoms with van der Waals surface area (Å²) in [6.07, 6.45) is 7.11. The Morgan fingerprint density at radius 1 is 1.44 bits per heavy atom. The van der Waals surface area contributed by atoms with Gasteiger partial charge in [-0.2, -0.15) is 0 Å². The number of hydrogen-bond donors (Lipinski definition) is 1. The van der Waals surface area contributed by atoms with Crippen molar-refractivity contribution >= 4 is 5.91 Å². The summed E-state index contributed by atoms with van der Waals surface area (Å²) in [4.78, 5) is 18.7. The standard InChI is InChI=1S/C19H27N3O3/c1-24-19-13(4-3-7-20-19)10-22-11-14-8-16(25-17(14)12-22)9-18(23)21-15-5-2-6-15/h3-4,7,14-17H,2,5-6,8-12H2,1H3,(H,21,23)/t14-,16-,17+/m0/s1. The number of pyridine rings is 1. The molecule has 0 spiro atoms. The van der Waals surface area contributed by atoms with Gasteiger partial charge in [0.15, 0.2) is 0 Å². The maximum Gasteiger partial charge on any atom is 0.222 e. The largest absolute Gasteiger partial charge is 0.481 e. The van der Waals surface area contributed by atoms with Crippen LogP contribution in [0.3, 0.4) is 0 Å². The molecule has 6 nitrogen and oxygen atoms in total. The van der Waals surface area contributed by atoms with Gasteiger partial charge in [0, 0.05) is 43.4 Å². The van der Waals surface area contributed by atoms with E-state index < -0.39 is 0 Å². The van der Waals surface area contributed by atoms with Crippen LogP contribution in [0.1, 0.15) is 37.7 Å². The highest BCUT2D eigenvalue weighted by Crippen LogP contribution is 2.35. The second kappa shape index (κ2) is 7.30. The molecule has 1 aromatic heterocycles. The third kappa shape index (κ3) is 3.80. The molecule has 0 unspecified atom stereocenters. The molecule has 3 atom stereocenters. The summed E-state index contributed by atoms with van der Waals surface area (Å²) < 4.78 is 11.5. The van der Waals surface area contributed by atoms with Gasteiger partial charge >= 0.3 is 0 Å². The van der Waals surface area contributed by atoms with Crippen molar-refractivity contribution in [2.75, 3.05) is 20.2 Å². The summed E-state index contributed by atoms with van der Waals surface area (Å²) in [6.45, 7) is 2.77. The molecule has 136 valence electrons. The summed E-state index contributed by atoms with van der Waals surface area (Å²) in [5.41, 5.74) is 1.11. The second-order valence-electron chi connectivity index (χ2n) is 7.56. The number of nitrogens with zero attached hydrogens (tertiary/aromatic N) is 2. The van der Waals surface area contributed by atoms with E-state index in [1.54, 1.807) is 13.3 Å². The van der Waals surface area contributed by atoms with Gasteiger partial charge in [-0.3, -0.25) is 9.69 Å². The van der Waals surface area contributed by atoms with Crippen LogP contribution in [0, 0.1) is 5.92 Å². The van der Waals surface area contributed by atoms with E-state index >= 15 is 0 Å². The summed E-state index contributed by atoms with van der Waals surface area (Å²) in [7, 11) is 1.66. The number of carbonyl (C=O) groups is 1. The minimum Gasteiger partial charge on any atom is -0.481 e. The Morgan fingerprint density at radius 3 is 3.04 bits per heavy atom. The van der Waals surface area contributed by atoms with Gasteiger partial charge in [0.1, 0.15) is 0 Å². The third-order valence-corrected chi connectivity index (χ3v) is 5.71. The number of rotatable bonds is 6. The van der Waals surface area contributed by atoms with Crippen LogP contribution in [-0.2, 0) is 16.1 Å². The maximum absolute atomic E-state index is 12.1. The van der Waals surface area contributed by atoms with Crippen molar-refractivity contribution in [2.24, 2.45) is 5.92 Å². The van der Waals surface area contributed by atoms with E-state index in [-0.39, 0.29) is 18.1 Å². The lowest BCUT2D eigenvalue weighted by molar-refractivity contribution is -0.125. The SMILES string of the molecule is COc1ncccc1CN1C[C@@H]2C[C@@H](CC(=O)NC3CCC3)O[C@@H]2C1. The molecular weight excluding hydrogens is 318 g/mol. The van der Waals surface area contributed by atoms with Crippen LogP contribution in [-0.4, -0.2) is 54.2 Å². The van der Waals surface area contributed by atoms with Crippen LogP contribution in [0.4, 0.5) is 0 Å². The molecule has 4 rings (SSSR count). The van der Waals surface area contributed by atoms with Crippen molar-refractivity contribution in [1.29, 1.82) is 0 Å². The van der Waals surface area contributed by atoms with Gasteiger partial charge in [0.05, 0.1) is 25.7 Å². The van der Waals surface area contributed by atoms with Crippen molar-refractivity contribution in [3.05, 3.63) is 23.9 Å². The first kappa shape index (κ1) is 16.8. The van der Waals surface area contributed by atoms with Crippen molar-refractivity contribution in [3.8, 4) is 5.88 Å². The maximum atomic E-state index is 12.1. The first-order chi connectivity index (χ1) is 12.2. The molecule has 3 fully saturated rings. The average molecular weight is 345 g/mol. The molecule has 1 saturated carbocycles. The van der Waals surface area contributed by atoms with Crippen LogP contribution in [0.25, 0.3) is 0 Å². The Labute approximate surface area is 148 Å². The number of ether oxygens (including phenoxy) is 2. The number of amides is 1. The predicted octanol–water partition coefficient (Wildman–Crippen LogP) is 1.74. The molecule has 0 radical (unpaired) electrons. The van der Waals surface area contributed by atoms with Crippen molar-refractivity contribution in [1.82, 2.24) is 15.2 Å². The summed E-state index contributed by atoms with van der Waals surface area (Å²) in [5, 5.41) is 3.11. The topological polar surface area (TPSA) is 63.7 Å². The van der Waals surface area contributed by atoms with E-state index in [0.717, 1.165) is 44.5 Å². The Morgan fingerprint density at radius 2 is 2.32 bits per heavy atom. The Kier molecular flexibility index (Phi) is 4.90. The molecule has 2 saturated heterocycles. The first-order valence-corrected chi connectivity index (χ1v) is 9.36. The van der Waals surface area contributed by atoms with Gasteiger partial charge in [0.2, 0.25) is 11.8 Å². The minimum atomic E-state index is 0.0881. The third-order valence-electron chi connectivity index (χ3n) is 5.71. The van der Waals surface area contributed by atoms with Crippen LogP contribution in [0.5, 0.6) is 5.88 Å². The summed E-state index contributed by atoms with van der Waals surface area (Å²) in [6, 6.07) is 4.43. The van der Waals surface area contributed by atoms with Gasteiger partial charge in [-0.1, -0.05) is 6.07 Å². The van der Waals surface area contributed by atoms with E-state index in [1.165, 1.54) is 6.42 Å². The zero-order valence-electron chi connectivity index (χ0n) is 14.8.